The predicted octanol–water partition coefficient (Wildman–Crippen LogP) is 2.12. The first-order chi connectivity index (χ1) is 5.20. The average Bonchev–Trinajstić information content (AvgIpc) is 1.87. The molecule has 0 rings (SSSR count). The minimum atomic E-state index is -0.613. The Bertz CT molecular complexity index is 140. The Morgan fingerprint density at radius 2 is 2.27 bits per heavy atom. The Kier molecular flexibility index (Phi) is 5.25. The van der Waals surface area contributed by atoms with Crippen LogP contribution in [-0.4, -0.2) is 18.9 Å². The van der Waals surface area contributed by atoms with Crippen LogP contribution in [0.25, 0.3) is 0 Å². The molecule has 3 heteroatoms. The zero-order valence-corrected chi connectivity index (χ0v) is 7.16. The molecule has 11 heavy (non-hydrogen) atoms. The van der Waals surface area contributed by atoms with Crippen molar-refractivity contribution < 1.29 is 14.3 Å². The number of rotatable bonds is 3. The van der Waals surface area contributed by atoms with Gasteiger partial charge >= 0.3 is 6.16 Å². The summed E-state index contributed by atoms with van der Waals surface area (Å²) in [5.41, 5.74) is 0. The van der Waals surface area contributed by atoms with E-state index in [2.05, 4.69) is 4.74 Å². The molecule has 3 nitrogen and oxygen atoms in total. The van der Waals surface area contributed by atoms with E-state index in [1.54, 1.807) is 19.9 Å². The number of carbonyl (C=O) groups is 1. The van der Waals surface area contributed by atoms with Gasteiger partial charge < -0.3 is 9.47 Å². The van der Waals surface area contributed by atoms with Gasteiger partial charge in [0, 0.05) is 0 Å². The maximum absolute atomic E-state index is 10.6. The lowest BCUT2D eigenvalue weighted by Crippen LogP contribution is -2.13. The van der Waals surface area contributed by atoms with E-state index < -0.39 is 6.16 Å². The summed E-state index contributed by atoms with van der Waals surface area (Å²) in [6.45, 7) is 5.73. The first kappa shape index (κ1) is 10.0. The van der Waals surface area contributed by atoms with Gasteiger partial charge in [-0.1, -0.05) is 6.08 Å². The maximum atomic E-state index is 10.6. The van der Waals surface area contributed by atoms with Gasteiger partial charge in [0.05, 0.1) is 6.61 Å². The summed E-state index contributed by atoms with van der Waals surface area (Å²) < 4.78 is 9.35. The number of allylic oxidation sites excluding steroid dienone is 1. The molecule has 0 aromatic carbocycles. The predicted molar refractivity (Wildman–Crippen MR) is 42.4 cm³/mol. The van der Waals surface area contributed by atoms with Crippen LogP contribution >= 0.6 is 0 Å². The normalized spacial score (nSPS) is 13.0. The van der Waals surface area contributed by atoms with E-state index in [1.165, 1.54) is 0 Å². The van der Waals surface area contributed by atoms with Crippen molar-refractivity contribution in [3.8, 4) is 0 Å². The van der Waals surface area contributed by atoms with E-state index in [0.29, 0.717) is 6.61 Å². The topological polar surface area (TPSA) is 35.5 Å². The molecular weight excluding hydrogens is 144 g/mol. The Morgan fingerprint density at radius 1 is 1.64 bits per heavy atom. The van der Waals surface area contributed by atoms with Gasteiger partial charge in [-0.25, -0.2) is 4.79 Å². The van der Waals surface area contributed by atoms with E-state index in [9.17, 15) is 4.79 Å². The van der Waals surface area contributed by atoms with Crippen LogP contribution in [0.3, 0.4) is 0 Å². The molecule has 0 aromatic heterocycles. The van der Waals surface area contributed by atoms with Crippen molar-refractivity contribution in [2.75, 3.05) is 6.61 Å². The number of ether oxygens (including phenoxy) is 2. The monoisotopic (exact) mass is 158 g/mol. The van der Waals surface area contributed by atoms with Crippen LogP contribution in [0.2, 0.25) is 0 Å². The van der Waals surface area contributed by atoms with E-state index in [4.69, 9.17) is 4.74 Å². The van der Waals surface area contributed by atoms with Gasteiger partial charge in [-0.15, -0.1) is 0 Å². The number of hydrogen-bond acceptors (Lipinski definition) is 3. The van der Waals surface area contributed by atoms with E-state index >= 15 is 0 Å². The lowest BCUT2D eigenvalue weighted by molar-refractivity contribution is 0.0454. The second-order valence-electron chi connectivity index (χ2n) is 2.03. The highest BCUT2D eigenvalue weighted by Gasteiger charge is 2.05. The maximum Gasteiger partial charge on any atom is 0.508 e. The minimum Gasteiger partial charge on any atom is -0.435 e. The molecule has 0 heterocycles. The van der Waals surface area contributed by atoms with Gasteiger partial charge in [0.2, 0.25) is 0 Å². The Morgan fingerprint density at radius 3 is 2.73 bits per heavy atom. The SMILES string of the molecule is C/C=C/C(C)OC(=O)OCC. The number of carbonyl (C=O) groups excluding carboxylic acids is 1. The zero-order valence-electron chi connectivity index (χ0n) is 7.16. The van der Waals surface area contributed by atoms with Gasteiger partial charge in [0.1, 0.15) is 6.10 Å². The molecule has 0 aromatic rings. The molecule has 0 fully saturated rings. The summed E-state index contributed by atoms with van der Waals surface area (Å²) in [5.74, 6) is 0. The van der Waals surface area contributed by atoms with Gasteiger partial charge in [-0.2, -0.15) is 0 Å². The summed E-state index contributed by atoms with van der Waals surface area (Å²) in [5, 5.41) is 0. The largest absolute Gasteiger partial charge is 0.508 e. The van der Waals surface area contributed by atoms with Crippen molar-refractivity contribution >= 4 is 6.16 Å². The zero-order chi connectivity index (χ0) is 8.69. The summed E-state index contributed by atoms with van der Waals surface area (Å²) in [6, 6.07) is 0. The summed E-state index contributed by atoms with van der Waals surface area (Å²) >= 11 is 0. The van der Waals surface area contributed by atoms with Crippen LogP contribution in [-0.2, 0) is 9.47 Å². The molecule has 0 aliphatic rings. The van der Waals surface area contributed by atoms with Crippen LogP contribution < -0.4 is 0 Å². The van der Waals surface area contributed by atoms with Crippen molar-refractivity contribution in [3.63, 3.8) is 0 Å². The third-order valence-corrected chi connectivity index (χ3v) is 1.01. The Labute approximate surface area is 67.0 Å². The summed E-state index contributed by atoms with van der Waals surface area (Å²) in [6.07, 6.45) is 2.78. The molecule has 0 N–H and O–H groups in total. The molecular formula is C8H14O3. The second-order valence-corrected chi connectivity index (χ2v) is 2.03. The molecule has 0 saturated carbocycles. The third kappa shape index (κ3) is 5.45. The third-order valence-electron chi connectivity index (χ3n) is 1.01. The van der Waals surface area contributed by atoms with Crippen molar-refractivity contribution in [3.05, 3.63) is 12.2 Å². The highest BCUT2D eigenvalue weighted by atomic mass is 16.7. The molecule has 0 spiro atoms. The Balaban J connectivity index is 3.57. The fourth-order valence-electron chi connectivity index (χ4n) is 0.614. The fourth-order valence-corrected chi connectivity index (χ4v) is 0.614. The summed E-state index contributed by atoms with van der Waals surface area (Å²) in [4.78, 5) is 10.6. The van der Waals surface area contributed by atoms with E-state index in [-0.39, 0.29) is 6.10 Å². The van der Waals surface area contributed by atoms with E-state index in [0.717, 1.165) is 0 Å². The Hall–Kier alpha value is -0.990. The molecule has 0 radical (unpaired) electrons. The fraction of sp³-hybridized carbons (Fsp3) is 0.625. The quantitative estimate of drug-likeness (QED) is 0.466. The standard InChI is InChI=1S/C8H14O3/c1-4-6-7(3)11-8(9)10-5-2/h4,6-7H,5H2,1-3H3/b6-4+. The van der Waals surface area contributed by atoms with Crippen LogP contribution in [0.1, 0.15) is 20.8 Å². The van der Waals surface area contributed by atoms with Gasteiger partial charge in [-0.3, -0.25) is 0 Å². The van der Waals surface area contributed by atoms with Gasteiger partial charge in [0.25, 0.3) is 0 Å². The lowest BCUT2D eigenvalue weighted by Gasteiger charge is -2.07. The van der Waals surface area contributed by atoms with Crippen LogP contribution in [0, 0.1) is 0 Å². The van der Waals surface area contributed by atoms with Crippen molar-refractivity contribution in [2.45, 2.75) is 26.9 Å². The molecule has 64 valence electrons. The molecule has 0 amide bonds. The molecule has 0 aliphatic carbocycles. The molecule has 0 bridgehead atoms. The summed E-state index contributed by atoms with van der Waals surface area (Å²) in [7, 11) is 0. The number of hydrogen-bond donors (Lipinski definition) is 0. The average molecular weight is 158 g/mol. The molecule has 1 unspecified atom stereocenters. The van der Waals surface area contributed by atoms with Gasteiger partial charge in [-0.05, 0) is 26.8 Å². The first-order valence-electron chi connectivity index (χ1n) is 3.67. The minimum absolute atomic E-state index is 0.209. The van der Waals surface area contributed by atoms with E-state index in [1.807, 2.05) is 13.0 Å². The second kappa shape index (κ2) is 5.77. The van der Waals surface area contributed by atoms with Crippen LogP contribution in [0.5, 0.6) is 0 Å². The van der Waals surface area contributed by atoms with Crippen LogP contribution in [0.4, 0.5) is 4.79 Å². The smallest absolute Gasteiger partial charge is 0.435 e. The highest BCUT2D eigenvalue weighted by molar-refractivity contribution is 5.60. The molecule has 1 atom stereocenters. The molecule has 0 saturated heterocycles. The first-order valence-corrected chi connectivity index (χ1v) is 3.67. The van der Waals surface area contributed by atoms with Crippen molar-refractivity contribution in [2.24, 2.45) is 0 Å². The highest BCUT2D eigenvalue weighted by Crippen LogP contribution is 1.95. The lowest BCUT2D eigenvalue weighted by atomic mass is 10.4. The van der Waals surface area contributed by atoms with Crippen molar-refractivity contribution in [1.82, 2.24) is 0 Å². The van der Waals surface area contributed by atoms with Crippen LogP contribution in [0.15, 0.2) is 12.2 Å². The van der Waals surface area contributed by atoms with Crippen molar-refractivity contribution in [1.29, 1.82) is 0 Å². The molecule has 0 aliphatic heterocycles. The van der Waals surface area contributed by atoms with Gasteiger partial charge in [0.15, 0.2) is 0 Å².